The largest absolute Gasteiger partial charge is 0.508 e. The number of hydrogen-bond acceptors (Lipinski definition) is 4. The molecule has 2 aromatic carbocycles. The number of rotatable bonds is 3. The molecule has 1 aliphatic carbocycles. The Kier molecular flexibility index (Phi) is 4.43. The Labute approximate surface area is 154 Å². The van der Waals surface area contributed by atoms with E-state index < -0.39 is 11.7 Å². The average molecular weight is 367 g/mol. The minimum Gasteiger partial charge on any atom is -0.508 e. The van der Waals surface area contributed by atoms with Gasteiger partial charge in [0.15, 0.2) is 0 Å². The van der Waals surface area contributed by atoms with E-state index in [2.05, 4.69) is 10.2 Å². The minimum absolute atomic E-state index is 0.151. The summed E-state index contributed by atoms with van der Waals surface area (Å²) in [6, 6.07) is 8.96. The number of amides is 1. The van der Waals surface area contributed by atoms with Gasteiger partial charge in [0.25, 0.3) is 0 Å². The summed E-state index contributed by atoms with van der Waals surface area (Å²) in [5.41, 5.74) is 1.74. The molecule has 0 bridgehead atoms. The fourth-order valence-electron chi connectivity index (χ4n) is 3.87. The first-order valence-electron chi connectivity index (χ1n) is 8.97. The van der Waals surface area contributed by atoms with E-state index >= 15 is 0 Å². The molecule has 0 unspecified atom stereocenters. The topological polar surface area (TPSA) is 84.6 Å². The van der Waals surface area contributed by atoms with Crippen molar-refractivity contribution in [1.82, 2.24) is 9.55 Å². The molecule has 1 N–H and O–H groups in total. The lowest BCUT2D eigenvalue weighted by atomic mass is 9.94. The molecular weight excluding hydrogens is 349 g/mol. The number of carbonyl (C=O) groups is 1. The summed E-state index contributed by atoms with van der Waals surface area (Å²) >= 11 is 0. The van der Waals surface area contributed by atoms with Gasteiger partial charge in [0, 0.05) is 22.8 Å². The lowest BCUT2D eigenvalue weighted by Crippen LogP contribution is -2.14. The van der Waals surface area contributed by atoms with Gasteiger partial charge in [-0.25, -0.2) is 9.37 Å². The van der Waals surface area contributed by atoms with Crippen molar-refractivity contribution in [2.45, 2.75) is 38.1 Å². The summed E-state index contributed by atoms with van der Waals surface area (Å²) in [6.45, 7) is 0. The lowest BCUT2D eigenvalue weighted by molar-refractivity contribution is 0.100. The maximum absolute atomic E-state index is 14.6. The quantitative estimate of drug-likeness (QED) is 0.663. The van der Waals surface area contributed by atoms with Gasteiger partial charge in [0.2, 0.25) is 0 Å². The van der Waals surface area contributed by atoms with Crippen molar-refractivity contribution < 1.29 is 14.3 Å². The van der Waals surface area contributed by atoms with Crippen LogP contribution in [-0.4, -0.2) is 20.6 Å². The minimum atomic E-state index is -0.860. The first-order chi connectivity index (χ1) is 13.1. The molecule has 7 heteroatoms. The number of aromatic nitrogens is 2. The van der Waals surface area contributed by atoms with Gasteiger partial charge in [-0.3, -0.25) is 4.79 Å². The second kappa shape index (κ2) is 6.90. The predicted octanol–water partition coefficient (Wildman–Crippen LogP) is 4.96. The molecule has 0 atom stereocenters. The molecule has 4 rings (SSSR count). The van der Waals surface area contributed by atoms with E-state index in [0.717, 1.165) is 37.3 Å². The van der Waals surface area contributed by atoms with Crippen molar-refractivity contribution in [1.29, 1.82) is 0 Å². The fraction of sp³-hybridized carbons (Fsp3) is 0.300. The Morgan fingerprint density at radius 3 is 2.63 bits per heavy atom. The molecule has 1 fully saturated rings. The Balaban J connectivity index is 1.94. The summed E-state index contributed by atoms with van der Waals surface area (Å²) in [7, 11) is 0. The highest BCUT2D eigenvalue weighted by Gasteiger charge is 2.24. The van der Waals surface area contributed by atoms with Crippen LogP contribution in [-0.2, 0) is 0 Å². The Morgan fingerprint density at radius 2 is 1.93 bits per heavy atom. The molecule has 1 heterocycles. The van der Waals surface area contributed by atoms with Crippen LogP contribution in [0.4, 0.5) is 4.39 Å². The first-order valence-corrected chi connectivity index (χ1v) is 8.97. The maximum atomic E-state index is 14.6. The molecule has 0 radical (unpaired) electrons. The van der Waals surface area contributed by atoms with Gasteiger partial charge in [0.05, 0.1) is 16.6 Å². The van der Waals surface area contributed by atoms with Crippen molar-refractivity contribution in [3.63, 3.8) is 0 Å². The van der Waals surface area contributed by atoms with Crippen LogP contribution in [0.15, 0.2) is 41.6 Å². The van der Waals surface area contributed by atoms with Crippen LogP contribution in [0, 0.1) is 10.7 Å². The predicted molar refractivity (Wildman–Crippen MR) is 99.0 cm³/mol. The monoisotopic (exact) mass is 367 g/mol. The third-order valence-electron chi connectivity index (χ3n) is 5.15. The van der Waals surface area contributed by atoms with Crippen molar-refractivity contribution >= 4 is 16.9 Å². The lowest BCUT2D eigenvalue weighted by Gasteiger charge is -2.25. The number of nitroso groups, excluding NO2 is 1. The second-order valence-electron chi connectivity index (χ2n) is 6.86. The molecule has 138 valence electrons. The Morgan fingerprint density at radius 1 is 1.15 bits per heavy atom. The zero-order valence-corrected chi connectivity index (χ0v) is 14.6. The van der Waals surface area contributed by atoms with Crippen molar-refractivity contribution in [2.24, 2.45) is 5.18 Å². The van der Waals surface area contributed by atoms with E-state index in [9.17, 15) is 19.2 Å². The van der Waals surface area contributed by atoms with Crippen LogP contribution in [0.3, 0.4) is 0 Å². The fourth-order valence-corrected chi connectivity index (χ4v) is 3.87. The zero-order chi connectivity index (χ0) is 19.0. The normalized spacial score (nSPS) is 15.1. The second-order valence-corrected chi connectivity index (χ2v) is 6.86. The summed E-state index contributed by atoms with van der Waals surface area (Å²) in [5, 5.41) is 12.0. The van der Waals surface area contributed by atoms with Gasteiger partial charge >= 0.3 is 5.91 Å². The molecular formula is C20H18FN3O3. The van der Waals surface area contributed by atoms with Crippen molar-refractivity contribution in [2.75, 3.05) is 0 Å². The Hall–Kier alpha value is -3.09. The van der Waals surface area contributed by atoms with Crippen LogP contribution in [0.2, 0.25) is 0 Å². The molecule has 1 amide bonds. The molecule has 6 nitrogen and oxygen atoms in total. The van der Waals surface area contributed by atoms with Crippen LogP contribution >= 0.6 is 0 Å². The highest BCUT2D eigenvalue weighted by molar-refractivity contribution is 5.98. The number of carbonyl (C=O) groups excluding carboxylic acids is 1. The third-order valence-corrected chi connectivity index (χ3v) is 5.15. The molecule has 27 heavy (non-hydrogen) atoms. The van der Waals surface area contributed by atoms with E-state index in [0.29, 0.717) is 11.3 Å². The molecule has 0 saturated heterocycles. The van der Waals surface area contributed by atoms with Crippen LogP contribution < -0.4 is 0 Å². The third kappa shape index (κ3) is 3.09. The summed E-state index contributed by atoms with van der Waals surface area (Å²) in [4.78, 5) is 26.7. The molecule has 1 aliphatic rings. The summed E-state index contributed by atoms with van der Waals surface area (Å²) in [5.74, 6) is -1.12. The van der Waals surface area contributed by atoms with Gasteiger partial charge in [-0.2, -0.15) is 0 Å². The van der Waals surface area contributed by atoms with Crippen LogP contribution in [0.5, 0.6) is 5.75 Å². The van der Waals surface area contributed by atoms with Gasteiger partial charge < -0.3 is 9.67 Å². The summed E-state index contributed by atoms with van der Waals surface area (Å²) < 4.78 is 16.6. The number of phenolic OH excluding ortho intramolecular Hbond substituents is 1. The van der Waals surface area contributed by atoms with Gasteiger partial charge in [-0.1, -0.05) is 19.3 Å². The smallest absolute Gasteiger partial charge is 0.316 e. The van der Waals surface area contributed by atoms with Gasteiger partial charge in [-0.15, -0.1) is 4.91 Å². The maximum Gasteiger partial charge on any atom is 0.316 e. The number of phenols is 1. The summed E-state index contributed by atoms with van der Waals surface area (Å²) in [6.07, 6.45) is 5.29. The Bertz CT molecular complexity index is 1040. The highest BCUT2D eigenvalue weighted by Crippen LogP contribution is 2.37. The standard InChI is InChI=1S/C20H18FN3O3/c21-16-11-14(25)7-8-15(16)19-22-17-10-12(20(26)23-27)6-9-18(17)24(19)13-4-2-1-3-5-13/h6-11,13,25H,1-5H2. The number of imidazole rings is 1. The molecule has 0 spiro atoms. The van der Waals surface area contributed by atoms with Gasteiger partial charge in [-0.05, 0) is 43.2 Å². The average Bonchev–Trinajstić information content (AvgIpc) is 3.06. The number of hydrogen-bond donors (Lipinski definition) is 1. The molecule has 1 saturated carbocycles. The van der Waals surface area contributed by atoms with Gasteiger partial charge in [0.1, 0.15) is 17.4 Å². The molecule has 0 aliphatic heterocycles. The zero-order valence-electron chi connectivity index (χ0n) is 14.6. The SMILES string of the molecule is O=NC(=O)c1ccc2c(c1)nc(-c1ccc(O)cc1F)n2C1CCCCC1. The van der Waals surface area contributed by atoms with E-state index in [1.165, 1.54) is 24.6 Å². The van der Waals surface area contributed by atoms with E-state index in [1.54, 1.807) is 12.1 Å². The van der Waals surface area contributed by atoms with E-state index in [4.69, 9.17) is 0 Å². The van der Waals surface area contributed by atoms with Crippen molar-refractivity contribution in [3.8, 4) is 17.1 Å². The van der Waals surface area contributed by atoms with E-state index in [-0.39, 0.29) is 22.9 Å². The van der Waals surface area contributed by atoms with Crippen LogP contribution in [0.1, 0.15) is 48.5 Å². The first kappa shape index (κ1) is 17.3. The highest BCUT2D eigenvalue weighted by atomic mass is 19.1. The van der Waals surface area contributed by atoms with Crippen molar-refractivity contribution in [3.05, 3.63) is 52.7 Å². The molecule has 3 aromatic rings. The number of nitrogens with zero attached hydrogens (tertiary/aromatic N) is 3. The number of halogens is 1. The molecule has 1 aromatic heterocycles. The number of fused-ring (bicyclic) bond motifs is 1. The van der Waals surface area contributed by atoms with E-state index in [1.807, 2.05) is 4.57 Å². The van der Waals surface area contributed by atoms with Crippen LogP contribution in [0.25, 0.3) is 22.4 Å². The number of aromatic hydroxyl groups is 1. The number of benzene rings is 2.